The van der Waals surface area contributed by atoms with E-state index in [0.29, 0.717) is 12.3 Å². The fraction of sp³-hybridized carbons (Fsp3) is 0.500. The molecule has 72 valence electrons. The summed E-state index contributed by atoms with van der Waals surface area (Å²) in [6.45, 7) is 2.54. The zero-order chi connectivity index (χ0) is 9.68. The normalized spacial score (nSPS) is 12.8. The highest BCUT2D eigenvalue weighted by molar-refractivity contribution is 5.94. The number of carbonyl (C=O) groups is 1. The molecule has 0 aliphatic heterocycles. The van der Waals surface area contributed by atoms with Crippen molar-refractivity contribution in [1.82, 2.24) is 0 Å². The van der Waals surface area contributed by atoms with E-state index in [-0.39, 0.29) is 11.7 Å². The summed E-state index contributed by atoms with van der Waals surface area (Å²) in [5.74, 6) is 0.526. The van der Waals surface area contributed by atoms with Gasteiger partial charge in [0.05, 0.1) is 6.26 Å². The van der Waals surface area contributed by atoms with Crippen LogP contribution in [0.2, 0.25) is 0 Å². The van der Waals surface area contributed by atoms with E-state index in [1.165, 1.54) is 6.26 Å². The maximum atomic E-state index is 11.6. The van der Waals surface area contributed by atoms with Gasteiger partial charge in [0.25, 0.3) is 0 Å². The minimum atomic E-state index is 0.00898. The molecule has 13 heavy (non-hydrogen) atoms. The molecule has 0 bridgehead atoms. The van der Waals surface area contributed by atoms with Gasteiger partial charge in [0, 0.05) is 5.92 Å². The van der Waals surface area contributed by atoms with Crippen molar-refractivity contribution in [3.8, 4) is 0 Å². The lowest BCUT2D eigenvalue weighted by molar-refractivity contribution is 0.0895. The molecule has 0 amide bonds. The Morgan fingerprint density at radius 2 is 2.46 bits per heavy atom. The van der Waals surface area contributed by atoms with Gasteiger partial charge in [0.15, 0.2) is 5.76 Å². The number of rotatable bonds is 5. The monoisotopic (exact) mass is 181 g/mol. The topological polar surface area (TPSA) is 56.2 Å². The molecule has 0 aliphatic rings. The van der Waals surface area contributed by atoms with Gasteiger partial charge in [-0.05, 0) is 31.5 Å². The Balaban J connectivity index is 2.48. The van der Waals surface area contributed by atoms with E-state index in [1.54, 1.807) is 12.1 Å². The van der Waals surface area contributed by atoms with Crippen LogP contribution in [0.3, 0.4) is 0 Å². The van der Waals surface area contributed by atoms with Crippen LogP contribution < -0.4 is 5.73 Å². The summed E-state index contributed by atoms with van der Waals surface area (Å²) < 4.78 is 5.02. The largest absolute Gasteiger partial charge is 0.461 e. The van der Waals surface area contributed by atoms with Crippen molar-refractivity contribution in [2.75, 3.05) is 6.54 Å². The fourth-order valence-electron chi connectivity index (χ4n) is 1.22. The second-order valence-electron chi connectivity index (χ2n) is 3.17. The van der Waals surface area contributed by atoms with E-state index in [4.69, 9.17) is 10.2 Å². The van der Waals surface area contributed by atoms with Gasteiger partial charge < -0.3 is 10.2 Å². The first kappa shape index (κ1) is 9.99. The molecular formula is C10H15NO2. The molecule has 1 heterocycles. The Kier molecular flexibility index (Phi) is 3.71. The van der Waals surface area contributed by atoms with Gasteiger partial charge in [0.2, 0.25) is 5.78 Å². The van der Waals surface area contributed by atoms with Crippen LogP contribution in [0.1, 0.15) is 30.3 Å². The maximum Gasteiger partial charge on any atom is 0.200 e. The summed E-state index contributed by atoms with van der Waals surface area (Å²) in [5.41, 5.74) is 5.36. The molecule has 1 unspecified atom stereocenters. The summed E-state index contributed by atoms with van der Waals surface area (Å²) in [6, 6.07) is 3.42. The average molecular weight is 181 g/mol. The Labute approximate surface area is 77.9 Å². The molecule has 3 heteroatoms. The number of nitrogens with two attached hydrogens (primary N) is 1. The van der Waals surface area contributed by atoms with Crippen LogP contribution in [0.15, 0.2) is 22.8 Å². The molecule has 0 spiro atoms. The lowest BCUT2D eigenvalue weighted by atomic mass is 9.99. The minimum Gasteiger partial charge on any atom is -0.461 e. The molecule has 1 aromatic rings. The zero-order valence-electron chi connectivity index (χ0n) is 7.82. The summed E-state index contributed by atoms with van der Waals surface area (Å²) >= 11 is 0. The number of Topliss-reactive ketones (excluding diaryl/α,β-unsaturated/α-hetero) is 1. The van der Waals surface area contributed by atoms with Gasteiger partial charge in [-0.1, -0.05) is 6.92 Å². The van der Waals surface area contributed by atoms with E-state index in [9.17, 15) is 4.79 Å². The highest BCUT2D eigenvalue weighted by atomic mass is 16.3. The smallest absolute Gasteiger partial charge is 0.200 e. The first-order valence-electron chi connectivity index (χ1n) is 4.53. The first-order valence-corrected chi connectivity index (χ1v) is 4.53. The van der Waals surface area contributed by atoms with Gasteiger partial charge in [-0.2, -0.15) is 0 Å². The number of hydrogen-bond acceptors (Lipinski definition) is 3. The Morgan fingerprint density at radius 3 is 3.00 bits per heavy atom. The quantitative estimate of drug-likeness (QED) is 0.705. The molecule has 0 aromatic carbocycles. The lowest BCUT2D eigenvalue weighted by Gasteiger charge is -2.06. The third-order valence-corrected chi connectivity index (χ3v) is 2.05. The zero-order valence-corrected chi connectivity index (χ0v) is 7.82. The molecule has 0 radical (unpaired) electrons. The molecule has 1 atom stereocenters. The summed E-state index contributed by atoms with van der Waals surface area (Å²) in [7, 11) is 0. The van der Waals surface area contributed by atoms with Crippen LogP contribution in [0.4, 0.5) is 0 Å². The van der Waals surface area contributed by atoms with E-state index < -0.39 is 0 Å². The fourth-order valence-corrected chi connectivity index (χ4v) is 1.22. The van der Waals surface area contributed by atoms with Gasteiger partial charge in [0.1, 0.15) is 0 Å². The Bertz CT molecular complexity index is 254. The van der Waals surface area contributed by atoms with Crippen LogP contribution in [-0.4, -0.2) is 12.3 Å². The molecule has 2 N–H and O–H groups in total. The number of carbonyl (C=O) groups excluding carboxylic acids is 1. The van der Waals surface area contributed by atoms with Gasteiger partial charge in [-0.15, -0.1) is 0 Å². The molecule has 0 aliphatic carbocycles. The van der Waals surface area contributed by atoms with Crippen molar-refractivity contribution < 1.29 is 9.21 Å². The Hall–Kier alpha value is -1.09. The summed E-state index contributed by atoms with van der Waals surface area (Å²) in [6.07, 6.45) is 3.23. The van der Waals surface area contributed by atoms with Crippen LogP contribution in [0.5, 0.6) is 0 Å². The maximum absolute atomic E-state index is 11.6. The molecular weight excluding hydrogens is 166 g/mol. The molecule has 1 rings (SSSR count). The van der Waals surface area contributed by atoms with Gasteiger partial charge in [-0.3, -0.25) is 4.79 Å². The second-order valence-corrected chi connectivity index (χ2v) is 3.17. The van der Waals surface area contributed by atoms with Gasteiger partial charge in [-0.25, -0.2) is 0 Å². The van der Waals surface area contributed by atoms with Crippen molar-refractivity contribution in [3.63, 3.8) is 0 Å². The molecule has 3 nitrogen and oxygen atoms in total. The molecule has 0 saturated carbocycles. The first-order chi connectivity index (χ1) is 6.25. The van der Waals surface area contributed by atoms with Gasteiger partial charge >= 0.3 is 0 Å². The van der Waals surface area contributed by atoms with E-state index >= 15 is 0 Å². The summed E-state index contributed by atoms with van der Waals surface area (Å²) in [4.78, 5) is 11.6. The highest BCUT2D eigenvalue weighted by Gasteiger charge is 2.16. The second kappa shape index (κ2) is 4.82. The number of ketones is 1. The van der Waals surface area contributed by atoms with Crippen LogP contribution in [0.25, 0.3) is 0 Å². The third kappa shape index (κ3) is 2.70. The van der Waals surface area contributed by atoms with Crippen LogP contribution in [-0.2, 0) is 0 Å². The SMILES string of the molecule is CC(CCCN)C(=O)c1ccco1. The van der Waals surface area contributed by atoms with Crippen LogP contribution in [0, 0.1) is 5.92 Å². The molecule has 1 aromatic heterocycles. The van der Waals surface area contributed by atoms with Crippen LogP contribution >= 0.6 is 0 Å². The predicted octanol–water partition coefficient (Wildman–Crippen LogP) is 1.84. The number of furan rings is 1. The van der Waals surface area contributed by atoms with Crippen molar-refractivity contribution in [3.05, 3.63) is 24.2 Å². The van der Waals surface area contributed by atoms with E-state index in [2.05, 4.69) is 0 Å². The van der Waals surface area contributed by atoms with Crippen molar-refractivity contribution in [1.29, 1.82) is 0 Å². The van der Waals surface area contributed by atoms with Crippen molar-refractivity contribution in [2.45, 2.75) is 19.8 Å². The summed E-state index contributed by atoms with van der Waals surface area (Å²) in [5, 5.41) is 0. The lowest BCUT2D eigenvalue weighted by Crippen LogP contribution is -2.12. The van der Waals surface area contributed by atoms with Crippen molar-refractivity contribution in [2.24, 2.45) is 11.7 Å². The van der Waals surface area contributed by atoms with Crippen molar-refractivity contribution >= 4 is 5.78 Å². The minimum absolute atomic E-state index is 0.00898. The molecule has 0 fully saturated rings. The average Bonchev–Trinajstić information content (AvgIpc) is 2.65. The van der Waals surface area contributed by atoms with E-state index in [0.717, 1.165) is 12.8 Å². The predicted molar refractivity (Wildman–Crippen MR) is 50.5 cm³/mol. The third-order valence-electron chi connectivity index (χ3n) is 2.05. The standard InChI is InChI=1S/C10H15NO2/c1-8(4-2-6-11)10(12)9-5-3-7-13-9/h3,5,7-8H,2,4,6,11H2,1H3. The Morgan fingerprint density at radius 1 is 1.69 bits per heavy atom. The highest BCUT2D eigenvalue weighted by Crippen LogP contribution is 2.13. The molecule has 0 saturated heterocycles. The van der Waals surface area contributed by atoms with E-state index in [1.807, 2.05) is 6.92 Å². The number of hydrogen-bond donors (Lipinski definition) is 1.